The van der Waals surface area contributed by atoms with Crippen LogP contribution >= 0.6 is 0 Å². The Hall–Kier alpha value is -4.04. The van der Waals surface area contributed by atoms with Crippen molar-refractivity contribution >= 4 is 11.8 Å². The van der Waals surface area contributed by atoms with E-state index >= 15 is 0 Å². The minimum atomic E-state index is -0.444. The summed E-state index contributed by atoms with van der Waals surface area (Å²) in [5, 5.41) is 20.9. The van der Waals surface area contributed by atoms with Crippen molar-refractivity contribution in [2.75, 3.05) is 27.2 Å². The van der Waals surface area contributed by atoms with Gasteiger partial charge in [-0.05, 0) is 54.8 Å². The van der Waals surface area contributed by atoms with Crippen LogP contribution in [0.4, 0.5) is 0 Å². The highest BCUT2D eigenvalue weighted by Crippen LogP contribution is 2.33. The van der Waals surface area contributed by atoms with Crippen molar-refractivity contribution in [3.05, 3.63) is 88.5 Å². The highest BCUT2D eigenvalue weighted by Gasteiger charge is 2.29. The second-order valence-corrected chi connectivity index (χ2v) is 10.2. The van der Waals surface area contributed by atoms with Crippen LogP contribution in [0.25, 0.3) is 0 Å². The van der Waals surface area contributed by atoms with Crippen LogP contribution in [0.2, 0.25) is 0 Å². The fraction of sp³-hybridized carbons (Fsp3) is 0.333. The molecule has 0 radical (unpaired) electrons. The molecule has 0 spiro atoms. The molecule has 1 saturated heterocycles. The third kappa shape index (κ3) is 5.45. The van der Waals surface area contributed by atoms with Crippen molar-refractivity contribution in [2.45, 2.75) is 38.6 Å². The first-order chi connectivity index (χ1) is 18.3. The van der Waals surface area contributed by atoms with E-state index in [9.17, 15) is 19.8 Å². The largest absolute Gasteiger partial charge is 0.507 e. The van der Waals surface area contributed by atoms with Gasteiger partial charge in [-0.25, -0.2) is 0 Å². The van der Waals surface area contributed by atoms with Crippen molar-refractivity contribution in [1.82, 2.24) is 14.7 Å². The Morgan fingerprint density at radius 1 is 0.921 bits per heavy atom. The van der Waals surface area contributed by atoms with Crippen LogP contribution in [-0.2, 0) is 19.6 Å². The number of fused-ring (bicyclic) bond motifs is 1. The summed E-state index contributed by atoms with van der Waals surface area (Å²) in [6.07, 6.45) is 2.16. The molecule has 2 heterocycles. The summed E-state index contributed by atoms with van der Waals surface area (Å²) in [5.41, 5.74) is 2.91. The summed E-state index contributed by atoms with van der Waals surface area (Å²) in [7, 11) is 3.75. The normalized spacial score (nSPS) is 15.8. The van der Waals surface area contributed by atoms with E-state index in [0.717, 1.165) is 54.4 Å². The topological polar surface area (TPSA) is 93.6 Å². The number of phenols is 2. The van der Waals surface area contributed by atoms with Gasteiger partial charge in [0.05, 0.1) is 11.1 Å². The molecule has 2 aliphatic rings. The monoisotopic (exact) mass is 515 g/mol. The molecule has 0 atom stereocenters. The summed E-state index contributed by atoms with van der Waals surface area (Å²) >= 11 is 0. The average Bonchev–Trinajstić information content (AvgIpc) is 3.33. The molecule has 2 aliphatic heterocycles. The number of nitrogens with zero attached hydrogens (tertiary/aromatic N) is 3. The van der Waals surface area contributed by atoms with E-state index in [1.807, 2.05) is 48.5 Å². The first kappa shape index (κ1) is 25.6. The van der Waals surface area contributed by atoms with Gasteiger partial charge in [0.15, 0.2) is 0 Å². The number of carbonyl (C=O) groups is 2. The summed E-state index contributed by atoms with van der Waals surface area (Å²) < 4.78 is 6.21. The summed E-state index contributed by atoms with van der Waals surface area (Å²) in [6, 6.07) is 17.8. The zero-order valence-electron chi connectivity index (χ0n) is 21.8. The number of amides is 2. The fourth-order valence-corrected chi connectivity index (χ4v) is 5.11. The number of hydrogen-bond acceptors (Lipinski definition) is 6. The van der Waals surface area contributed by atoms with Gasteiger partial charge in [0.25, 0.3) is 11.8 Å². The highest BCUT2D eigenvalue weighted by molar-refractivity contribution is 6.03. The number of ether oxygens (including phenoxy) is 1. The number of piperidine rings is 1. The van der Waals surface area contributed by atoms with E-state index in [1.165, 1.54) is 11.0 Å². The molecule has 0 unspecified atom stereocenters. The molecule has 3 aromatic carbocycles. The minimum absolute atomic E-state index is 0.0186. The second-order valence-electron chi connectivity index (χ2n) is 10.2. The predicted molar refractivity (Wildman–Crippen MR) is 143 cm³/mol. The SMILES string of the molecule is CN1CCC(Oc2ccc3c(c2)CN(C(=O)c2cc(C(=O)N(C)Cc4ccccc4)c(O)cc2O)C3)CC1. The van der Waals surface area contributed by atoms with Crippen molar-refractivity contribution < 1.29 is 24.5 Å². The van der Waals surface area contributed by atoms with Gasteiger partial charge >= 0.3 is 0 Å². The first-order valence-corrected chi connectivity index (χ1v) is 12.9. The molecule has 198 valence electrons. The van der Waals surface area contributed by atoms with Crippen molar-refractivity contribution in [1.29, 1.82) is 0 Å². The van der Waals surface area contributed by atoms with Crippen LogP contribution in [-0.4, -0.2) is 70.0 Å². The van der Waals surface area contributed by atoms with Crippen LogP contribution < -0.4 is 4.74 Å². The molecule has 0 saturated carbocycles. The van der Waals surface area contributed by atoms with Crippen LogP contribution in [0.15, 0.2) is 60.7 Å². The molecule has 0 aromatic heterocycles. The van der Waals surface area contributed by atoms with Gasteiger partial charge in [0, 0.05) is 45.8 Å². The number of hydrogen-bond donors (Lipinski definition) is 2. The van der Waals surface area contributed by atoms with E-state index < -0.39 is 11.8 Å². The summed E-state index contributed by atoms with van der Waals surface area (Å²) in [4.78, 5) is 31.9. The number of phenolic OH excluding ortho intramolecular Hbond substituents is 2. The van der Waals surface area contributed by atoms with Gasteiger partial charge in [0.2, 0.25) is 0 Å². The quantitative estimate of drug-likeness (QED) is 0.516. The third-order valence-corrected chi connectivity index (χ3v) is 7.34. The van der Waals surface area contributed by atoms with Gasteiger partial charge in [-0.15, -0.1) is 0 Å². The molecular formula is C30H33N3O5. The second kappa shape index (κ2) is 10.8. The van der Waals surface area contributed by atoms with E-state index in [4.69, 9.17) is 4.74 Å². The third-order valence-electron chi connectivity index (χ3n) is 7.34. The maximum atomic E-state index is 13.4. The Kier molecular flexibility index (Phi) is 7.24. The Bertz CT molecular complexity index is 1340. The molecule has 0 aliphatic carbocycles. The standard InChI is InChI=1S/C30H33N3O5/c1-31-12-10-23(11-13-31)38-24-9-8-21-18-33(19-22(21)14-24)30(37)26-15-25(27(34)16-28(26)35)29(36)32(2)17-20-6-4-3-5-7-20/h3-9,14-16,23,34-35H,10-13,17-19H2,1-2H3. The molecule has 8 nitrogen and oxygen atoms in total. The van der Waals surface area contributed by atoms with Crippen molar-refractivity contribution in [3.63, 3.8) is 0 Å². The number of rotatable bonds is 6. The number of likely N-dealkylation sites (tertiary alicyclic amines) is 1. The van der Waals surface area contributed by atoms with Gasteiger partial charge < -0.3 is 29.6 Å². The number of aromatic hydroxyl groups is 2. The molecule has 3 aromatic rings. The molecule has 1 fully saturated rings. The lowest BCUT2D eigenvalue weighted by atomic mass is 10.1. The zero-order valence-corrected chi connectivity index (χ0v) is 21.8. The molecule has 38 heavy (non-hydrogen) atoms. The number of benzene rings is 3. The van der Waals surface area contributed by atoms with Gasteiger partial charge in [-0.3, -0.25) is 9.59 Å². The maximum absolute atomic E-state index is 13.4. The highest BCUT2D eigenvalue weighted by atomic mass is 16.5. The van der Waals surface area contributed by atoms with Crippen LogP contribution in [0.3, 0.4) is 0 Å². The van der Waals surface area contributed by atoms with Crippen LogP contribution in [0.5, 0.6) is 17.2 Å². The molecule has 8 heteroatoms. The van der Waals surface area contributed by atoms with Crippen molar-refractivity contribution in [2.24, 2.45) is 0 Å². The molecular weight excluding hydrogens is 482 g/mol. The lowest BCUT2D eigenvalue weighted by molar-refractivity contribution is 0.0748. The predicted octanol–water partition coefficient (Wildman–Crippen LogP) is 4.00. The lowest BCUT2D eigenvalue weighted by Crippen LogP contribution is -2.35. The van der Waals surface area contributed by atoms with E-state index in [1.54, 1.807) is 11.9 Å². The molecule has 0 bridgehead atoms. The summed E-state index contributed by atoms with van der Waals surface area (Å²) in [6.45, 7) is 3.13. The number of carbonyl (C=O) groups excluding carboxylic acids is 2. The first-order valence-electron chi connectivity index (χ1n) is 12.9. The molecule has 2 amide bonds. The van der Waals surface area contributed by atoms with E-state index in [-0.39, 0.29) is 28.7 Å². The minimum Gasteiger partial charge on any atom is -0.507 e. The Balaban J connectivity index is 1.29. The molecule has 2 N–H and O–H groups in total. The van der Waals surface area contributed by atoms with Gasteiger partial charge in [0.1, 0.15) is 23.4 Å². The fourth-order valence-electron chi connectivity index (χ4n) is 5.11. The van der Waals surface area contributed by atoms with E-state index in [2.05, 4.69) is 11.9 Å². The van der Waals surface area contributed by atoms with Gasteiger partial charge in [-0.1, -0.05) is 36.4 Å². The smallest absolute Gasteiger partial charge is 0.258 e. The molecule has 5 rings (SSSR count). The van der Waals surface area contributed by atoms with Gasteiger partial charge in [-0.2, -0.15) is 0 Å². The maximum Gasteiger partial charge on any atom is 0.258 e. The average molecular weight is 516 g/mol. The Labute approximate surface area is 222 Å². The Morgan fingerprint density at radius 3 is 2.34 bits per heavy atom. The van der Waals surface area contributed by atoms with E-state index in [0.29, 0.717) is 19.6 Å². The van der Waals surface area contributed by atoms with Crippen LogP contribution in [0.1, 0.15) is 50.2 Å². The summed E-state index contributed by atoms with van der Waals surface area (Å²) in [5.74, 6) is -0.784. The van der Waals surface area contributed by atoms with Crippen molar-refractivity contribution in [3.8, 4) is 17.2 Å². The Morgan fingerprint density at radius 2 is 1.61 bits per heavy atom. The lowest BCUT2D eigenvalue weighted by Gasteiger charge is -2.29. The van der Waals surface area contributed by atoms with Crippen LogP contribution in [0, 0.1) is 0 Å². The zero-order chi connectivity index (χ0) is 26.8.